The van der Waals surface area contributed by atoms with Gasteiger partial charge in [0.1, 0.15) is 23.8 Å². The summed E-state index contributed by atoms with van der Waals surface area (Å²) in [5.74, 6) is -0.436. The highest BCUT2D eigenvalue weighted by molar-refractivity contribution is 14.1. The van der Waals surface area contributed by atoms with Gasteiger partial charge in [-0.05, 0) is 83.6 Å². The molecule has 0 saturated carbocycles. The fraction of sp³-hybridized carbons (Fsp3) is 0.419. The first-order chi connectivity index (χ1) is 20.1. The van der Waals surface area contributed by atoms with Crippen LogP contribution in [0.15, 0.2) is 72.0 Å². The zero-order chi connectivity index (χ0) is 30.6. The molecule has 42 heavy (non-hydrogen) atoms. The summed E-state index contributed by atoms with van der Waals surface area (Å²) in [5.41, 5.74) is 0.766. The molecule has 9 nitrogen and oxygen atoms in total. The van der Waals surface area contributed by atoms with Crippen molar-refractivity contribution in [2.45, 2.75) is 64.9 Å². The molecule has 2 aliphatic heterocycles. The van der Waals surface area contributed by atoms with Gasteiger partial charge < -0.3 is 18.8 Å². The molecule has 0 spiro atoms. The minimum Gasteiger partial charge on any atom is -0.488 e. The van der Waals surface area contributed by atoms with Crippen LogP contribution in [-0.4, -0.2) is 48.8 Å². The molecule has 1 amide bonds. The summed E-state index contributed by atoms with van der Waals surface area (Å²) < 4.78 is 19.2. The summed E-state index contributed by atoms with van der Waals surface area (Å²) in [7, 11) is -1.96. The summed E-state index contributed by atoms with van der Waals surface area (Å²) in [4.78, 5) is 39.3. The Hall–Kier alpha value is -3.03. The summed E-state index contributed by atoms with van der Waals surface area (Å²) in [5, 5.41) is 11.0. The van der Waals surface area contributed by atoms with Crippen LogP contribution in [0.2, 0.25) is 18.1 Å². The van der Waals surface area contributed by atoms with Gasteiger partial charge in [0.15, 0.2) is 8.32 Å². The minimum atomic E-state index is -1.96. The third kappa shape index (κ3) is 6.32. The number of hydrogen-bond acceptors (Lipinski definition) is 7. The molecular weight excluding hydrogens is 667 g/mol. The second-order valence-corrected chi connectivity index (χ2v) is 16.6. The molecule has 4 atom stereocenters. The first kappa shape index (κ1) is 31.9. The second kappa shape index (κ2) is 13.5. The number of carbonyl (C=O) groups is 2. The van der Waals surface area contributed by atoms with E-state index in [2.05, 4.69) is 43.4 Å². The number of rotatable bonds is 13. The van der Waals surface area contributed by atoms with Crippen molar-refractivity contribution in [3.8, 4) is 11.5 Å². The largest absolute Gasteiger partial charge is 0.488 e. The smallest absolute Gasteiger partial charge is 0.360 e. The van der Waals surface area contributed by atoms with Gasteiger partial charge in [0.25, 0.3) is 5.69 Å². The Kier molecular flexibility index (Phi) is 10.3. The number of benzene rings is 2. The van der Waals surface area contributed by atoms with Crippen molar-refractivity contribution in [3.63, 3.8) is 0 Å². The van der Waals surface area contributed by atoms with Crippen molar-refractivity contribution in [2.24, 2.45) is 11.8 Å². The van der Waals surface area contributed by atoms with Crippen LogP contribution in [0.4, 0.5) is 5.69 Å². The molecule has 2 aromatic carbocycles. The van der Waals surface area contributed by atoms with Gasteiger partial charge in [0, 0.05) is 18.1 Å². The van der Waals surface area contributed by atoms with Crippen LogP contribution in [0.25, 0.3) is 0 Å². The molecule has 4 rings (SSSR count). The number of fused-ring (bicyclic) bond motifs is 1. The first-order valence-corrected chi connectivity index (χ1v) is 17.9. The van der Waals surface area contributed by atoms with Crippen molar-refractivity contribution < 1.29 is 28.4 Å². The Bertz CT molecular complexity index is 1380. The van der Waals surface area contributed by atoms with Crippen molar-refractivity contribution in [2.75, 3.05) is 6.61 Å². The van der Waals surface area contributed by atoms with E-state index in [1.54, 1.807) is 4.90 Å². The Labute approximate surface area is 261 Å². The predicted octanol–water partition coefficient (Wildman–Crippen LogP) is 6.88. The molecule has 0 aliphatic carbocycles. The molecule has 1 saturated heterocycles. The van der Waals surface area contributed by atoms with Gasteiger partial charge in [-0.3, -0.25) is 14.9 Å². The van der Waals surface area contributed by atoms with Crippen LogP contribution in [0.1, 0.15) is 34.6 Å². The number of nitrogens with zero attached hydrogens (tertiary/aromatic N) is 2. The maximum absolute atomic E-state index is 13.7. The molecule has 2 heterocycles. The fourth-order valence-electron chi connectivity index (χ4n) is 5.92. The molecule has 0 radical (unpaired) electrons. The van der Waals surface area contributed by atoms with E-state index in [1.807, 2.05) is 50.3 Å². The van der Waals surface area contributed by atoms with E-state index in [0.29, 0.717) is 5.57 Å². The van der Waals surface area contributed by atoms with Gasteiger partial charge >= 0.3 is 5.97 Å². The lowest BCUT2D eigenvalue weighted by Crippen LogP contribution is -2.65. The van der Waals surface area contributed by atoms with Crippen LogP contribution >= 0.6 is 22.6 Å². The van der Waals surface area contributed by atoms with Crippen LogP contribution in [0.3, 0.4) is 0 Å². The Balaban J connectivity index is 1.60. The van der Waals surface area contributed by atoms with Gasteiger partial charge in [0.05, 0.1) is 26.6 Å². The topological polar surface area (TPSA) is 108 Å². The molecule has 11 heteroatoms. The molecule has 0 aromatic heterocycles. The molecule has 0 unspecified atom stereocenters. The maximum atomic E-state index is 13.7. The van der Waals surface area contributed by atoms with E-state index in [1.165, 1.54) is 24.3 Å². The molecule has 2 aliphatic rings. The number of ether oxygens (including phenoxy) is 2. The van der Waals surface area contributed by atoms with Gasteiger partial charge in [-0.2, -0.15) is 0 Å². The fourth-order valence-corrected chi connectivity index (χ4v) is 9.40. The summed E-state index contributed by atoms with van der Waals surface area (Å²) in [6.45, 7) is 10.8. The number of esters is 1. The highest BCUT2D eigenvalue weighted by Gasteiger charge is 2.60. The Morgan fingerprint density at radius 2 is 1.76 bits per heavy atom. The lowest BCUT2D eigenvalue weighted by molar-refractivity contribution is -0.384. The SMILES string of the molecule is CC[Si](CC)(CC)O[C@H](C)[C@H]1C(=O)N2C(C(=O)Oc3ccc([N+](=O)[O-])cc3)=C(/C=C/COc3ccccc3I)[C@H](C)[C@H]12. The number of nitro groups is 1. The van der Waals surface area contributed by atoms with E-state index < -0.39 is 19.2 Å². The number of non-ortho nitro benzene ring substituents is 1. The Morgan fingerprint density at radius 1 is 1.12 bits per heavy atom. The third-order valence-corrected chi connectivity index (χ3v) is 14.1. The number of allylic oxidation sites excluding steroid dienone is 1. The zero-order valence-corrected chi connectivity index (χ0v) is 27.7. The van der Waals surface area contributed by atoms with Gasteiger partial charge in [-0.1, -0.05) is 45.9 Å². The maximum Gasteiger partial charge on any atom is 0.360 e. The van der Waals surface area contributed by atoms with Gasteiger partial charge in [-0.15, -0.1) is 0 Å². The monoisotopic (exact) mass is 704 g/mol. The number of amides is 1. The van der Waals surface area contributed by atoms with Gasteiger partial charge in [0.2, 0.25) is 5.91 Å². The summed E-state index contributed by atoms with van der Waals surface area (Å²) in [6.07, 6.45) is 3.40. The Morgan fingerprint density at radius 3 is 2.36 bits per heavy atom. The molecule has 224 valence electrons. The average molecular weight is 705 g/mol. The standard InChI is InChI=1S/C31H37IN2O7Si/c1-6-42(7-2,8-3)41-21(5)27-28-20(4)24(12-11-19-39-26-14-10-9-13-25(26)32)29(33(28)30(27)35)31(36)40-23-17-15-22(16-18-23)34(37)38/h9-18,20-21,27-28H,6-8,19H2,1-5H3/b12-11+/t20-,21+,27+,28+/m0/s1. The number of nitro benzene ring substituents is 1. The van der Waals surface area contributed by atoms with Crippen LogP contribution in [0.5, 0.6) is 11.5 Å². The van der Waals surface area contributed by atoms with E-state index >= 15 is 0 Å². The van der Waals surface area contributed by atoms with Crippen LogP contribution in [0, 0.1) is 25.5 Å². The van der Waals surface area contributed by atoms with E-state index in [-0.39, 0.29) is 53.6 Å². The van der Waals surface area contributed by atoms with Crippen molar-refractivity contribution in [1.29, 1.82) is 0 Å². The number of β-lactam (4-membered cyclic amide) rings is 1. The lowest BCUT2D eigenvalue weighted by atomic mass is 9.77. The highest BCUT2D eigenvalue weighted by atomic mass is 127. The van der Waals surface area contributed by atoms with Crippen molar-refractivity contribution in [1.82, 2.24) is 4.90 Å². The molecule has 1 fully saturated rings. The zero-order valence-electron chi connectivity index (χ0n) is 24.5. The number of halogens is 1. The molecule has 0 bridgehead atoms. The molecule has 0 N–H and O–H groups in total. The number of carbonyl (C=O) groups excluding carboxylic acids is 2. The van der Waals surface area contributed by atoms with Crippen molar-refractivity contribution >= 4 is 48.5 Å². The number of para-hydroxylation sites is 1. The first-order valence-electron chi connectivity index (χ1n) is 14.3. The van der Waals surface area contributed by atoms with Crippen LogP contribution < -0.4 is 9.47 Å². The molecular formula is C31H37IN2O7Si. The summed E-state index contributed by atoms with van der Waals surface area (Å²) in [6, 6.07) is 15.7. The van der Waals surface area contributed by atoms with E-state index in [0.717, 1.165) is 27.5 Å². The number of hydrogen-bond donors (Lipinski definition) is 0. The quantitative estimate of drug-likeness (QED) is 0.0426. The molecule has 2 aromatic rings. The van der Waals surface area contributed by atoms with Crippen LogP contribution in [-0.2, 0) is 14.0 Å². The minimum absolute atomic E-state index is 0.110. The van der Waals surface area contributed by atoms with E-state index in [9.17, 15) is 19.7 Å². The predicted molar refractivity (Wildman–Crippen MR) is 171 cm³/mol. The lowest BCUT2D eigenvalue weighted by Gasteiger charge is -2.49. The van der Waals surface area contributed by atoms with Gasteiger partial charge in [-0.25, -0.2) is 4.79 Å². The summed E-state index contributed by atoms with van der Waals surface area (Å²) >= 11 is 2.21. The highest BCUT2D eigenvalue weighted by Crippen LogP contribution is 2.49. The average Bonchev–Trinajstić information content (AvgIpc) is 3.23. The third-order valence-electron chi connectivity index (χ3n) is 8.50. The second-order valence-electron chi connectivity index (χ2n) is 10.7. The van der Waals surface area contributed by atoms with E-state index in [4.69, 9.17) is 13.9 Å². The normalized spacial score (nSPS) is 20.9. The van der Waals surface area contributed by atoms with Crippen molar-refractivity contribution in [3.05, 3.63) is 85.6 Å².